The molecular formula is C16H18N2. The third kappa shape index (κ3) is 3.74. The Balaban J connectivity index is 1.84. The normalized spacial score (nSPS) is 10.8. The van der Waals surface area contributed by atoms with Crippen LogP contribution < -0.4 is 5.32 Å². The summed E-state index contributed by atoms with van der Waals surface area (Å²) >= 11 is 0. The van der Waals surface area contributed by atoms with Crippen molar-refractivity contribution >= 4 is 17.6 Å². The zero-order valence-corrected chi connectivity index (χ0v) is 10.9. The molecule has 0 aliphatic heterocycles. The molecule has 2 aromatic rings. The third-order valence-corrected chi connectivity index (χ3v) is 2.72. The molecule has 2 nitrogen and oxygen atoms in total. The fourth-order valence-electron chi connectivity index (χ4n) is 1.62. The summed E-state index contributed by atoms with van der Waals surface area (Å²) < 4.78 is 0. The summed E-state index contributed by atoms with van der Waals surface area (Å²) in [5, 5.41) is 3.30. The Morgan fingerprint density at radius 2 is 1.44 bits per heavy atom. The Labute approximate surface area is 108 Å². The molecule has 0 saturated carbocycles. The first-order valence-corrected chi connectivity index (χ1v) is 6.14. The van der Waals surface area contributed by atoms with Gasteiger partial charge >= 0.3 is 0 Å². The molecule has 0 bridgehead atoms. The number of aryl methyl sites for hydroxylation is 2. The van der Waals surface area contributed by atoms with Crippen LogP contribution in [0, 0.1) is 13.8 Å². The van der Waals surface area contributed by atoms with Gasteiger partial charge in [0.1, 0.15) is 0 Å². The number of hydrogen-bond donors (Lipinski definition) is 1. The molecule has 0 aliphatic carbocycles. The second-order valence-electron chi connectivity index (χ2n) is 4.39. The van der Waals surface area contributed by atoms with E-state index < -0.39 is 0 Å². The summed E-state index contributed by atoms with van der Waals surface area (Å²) in [6.45, 7) is 4.89. The van der Waals surface area contributed by atoms with Crippen LogP contribution in [0.25, 0.3) is 0 Å². The maximum atomic E-state index is 4.39. The number of rotatable bonds is 4. The highest BCUT2D eigenvalue weighted by molar-refractivity contribution is 5.68. The lowest BCUT2D eigenvalue weighted by molar-refractivity contribution is 1.37. The van der Waals surface area contributed by atoms with Crippen LogP contribution in [0.2, 0.25) is 0 Å². The molecule has 92 valence electrons. The summed E-state index contributed by atoms with van der Waals surface area (Å²) in [4.78, 5) is 4.39. The van der Waals surface area contributed by atoms with E-state index in [1.165, 1.54) is 11.1 Å². The first kappa shape index (κ1) is 12.4. The van der Waals surface area contributed by atoms with Crippen LogP contribution in [0.4, 0.5) is 11.4 Å². The van der Waals surface area contributed by atoms with Crippen LogP contribution in [0.3, 0.4) is 0 Å². The molecule has 0 amide bonds. The summed E-state index contributed by atoms with van der Waals surface area (Å²) in [5.41, 5.74) is 4.64. The minimum atomic E-state index is 0.733. The molecule has 0 radical (unpaired) electrons. The van der Waals surface area contributed by atoms with E-state index >= 15 is 0 Å². The van der Waals surface area contributed by atoms with E-state index in [0.717, 1.165) is 17.9 Å². The van der Waals surface area contributed by atoms with Crippen LogP contribution >= 0.6 is 0 Å². The molecule has 18 heavy (non-hydrogen) atoms. The van der Waals surface area contributed by atoms with E-state index in [2.05, 4.69) is 60.6 Å². The lowest BCUT2D eigenvalue weighted by atomic mass is 10.2. The van der Waals surface area contributed by atoms with Gasteiger partial charge in [0, 0.05) is 11.9 Å². The van der Waals surface area contributed by atoms with Gasteiger partial charge in [0.25, 0.3) is 0 Å². The van der Waals surface area contributed by atoms with E-state index in [0.29, 0.717) is 0 Å². The molecule has 0 atom stereocenters. The topological polar surface area (TPSA) is 24.4 Å². The summed E-state index contributed by atoms with van der Waals surface area (Å²) in [5.74, 6) is 0. The summed E-state index contributed by atoms with van der Waals surface area (Å²) in [6.07, 6.45) is 1.89. The van der Waals surface area contributed by atoms with Gasteiger partial charge in [0.2, 0.25) is 0 Å². The fraction of sp³-hybridized carbons (Fsp3) is 0.188. The van der Waals surface area contributed by atoms with Crippen molar-refractivity contribution in [3.8, 4) is 0 Å². The van der Waals surface area contributed by atoms with Gasteiger partial charge in [0.05, 0.1) is 12.2 Å². The van der Waals surface area contributed by atoms with E-state index in [-0.39, 0.29) is 0 Å². The number of nitrogens with zero attached hydrogens (tertiary/aromatic N) is 1. The molecule has 1 N–H and O–H groups in total. The van der Waals surface area contributed by atoms with E-state index in [4.69, 9.17) is 0 Å². The third-order valence-electron chi connectivity index (χ3n) is 2.72. The Morgan fingerprint density at radius 1 is 0.889 bits per heavy atom. The Hall–Kier alpha value is -2.09. The van der Waals surface area contributed by atoms with Crippen molar-refractivity contribution in [2.45, 2.75) is 13.8 Å². The van der Waals surface area contributed by atoms with Gasteiger partial charge in [-0.3, -0.25) is 4.99 Å². The van der Waals surface area contributed by atoms with Gasteiger partial charge < -0.3 is 5.32 Å². The highest BCUT2D eigenvalue weighted by atomic mass is 14.9. The largest absolute Gasteiger partial charge is 0.380 e. The average molecular weight is 238 g/mol. The Morgan fingerprint density at radius 3 is 2.06 bits per heavy atom. The maximum absolute atomic E-state index is 4.39. The number of aliphatic imine (C=N–C) groups is 1. The molecule has 0 aromatic heterocycles. The lowest BCUT2D eigenvalue weighted by Gasteiger charge is -2.02. The molecule has 2 aromatic carbocycles. The molecule has 0 fully saturated rings. The van der Waals surface area contributed by atoms with Gasteiger partial charge in [0.15, 0.2) is 0 Å². The molecule has 0 aliphatic rings. The maximum Gasteiger partial charge on any atom is 0.0626 e. The monoisotopic (exact) mass is 238 g/mol. The van der Waals surface area contributed by atoms with Crippen molar-refractivity contribution < 1.29 is 0 Å². The van der Waals surface area contributed by atoms with E-state index in [1.807, 2.05) is 18.3 Å². The standard InChI is InChI=1S/C16H18N2/c1-13-3-7-15(8-4-13)17-11-12-18-16-9-5-14(2)6-10-16/h3-11,18H,12H2,1-2H3. The second kappa shape index (κ2) is 6.01. The Bertz CT molecular complexity index is 510. The molecule has 0 heterocycles. The van der Waals surface area contributed by atoms with Gasteiger partial charge in [-0.1, -0.05) is 35.4 Å². The van der Waals surface area contributed by atoms with Gasteiger partial charge in [-0.2, -0.15) is 0 Å². The van der Waals surface area contributed by atoms with Crippen molar-refractivity contribution in [2.75, 3.05) is 11.9 Å². The van der Waals surface area contributed by atoms with Crippen molar-refractivity contribution in [2.24, 2.45) is 4.99 Å². The number of anilines is 1. The predicted octanol–water partition coefficient (Wildman–Crippen LogP) is 4.12. The molecule has 0 unspecified atom stereocenters. The van der Waals surface area contributed by atoms with Gasteiger partial charge in [-0.05, 0) is 38.1 Å². The number of hydrogen-bond acceptors (Lipinski definition) is 2. The van der Waals surface area contributed by atoms with Crippen molar-refractivity contribution in [3.05, 3.63) is 59.7 Å². The molecule has 0 saturated heterocycles. The lowest BCUT2D eigenvalue weighted by Crippen LogP contribution is -2.01. The van der Waals surface area contributed by atoms with Crippen LogP contribution in [-0.4, -0.2) is 12.8 Å². The first-order chi connectivity index (χ1) is 8.74. The van der Waals surface area contributed by atoms with Crippen molar-refractivity contribution in [1.29, 1.82) is 0 Å². The van der Waals surface area contributed by atoms with E-state index in [1.54, 1.807) is 0 Å². The number of benzene rings is 2. The smallest absolute Gasteiger partial charge is 0.0626 e. The minimum absolute atomic E-state index is 0.733. The van der Waals surface area contributed by atoms with E-state index in [9.17, 15) is 0 Å². The predicted molar refractivity (Wildman–Crippen MR) is 79.0 cm³/mol. The van der Waals surface area contributed by atoms with Crippen molar-refractivity contribution in [1.82, 2.24) is 0 Å². The van der Waals surface area contributed by atoms with Crippen LogP contribution in [0.5, 0.6) is 0 Å². The average Bonchev–Trinajstić information content (AvgIpc) is 2.39. The molecule has 0 spiro atoms. The zero-order chi connectivity index (χ0) is 12.8. The highest BCUT2D eigenvalue weighted by Crippen LogP contribution is 2.11. The van der Waals surface area contributed by atoms with Crippen LogP contribution in [0.15, 0.2) is 53.5 Å². The molecule has 2 heteroatoms. The van der Waals surface area contributed by atoms with Gasteiger partial charge in [-0.25, -0.2) is 0 Å². The summed E-state index contributed by atoms with van der Waals surface area (Å²) in [7, 11) is 0. The molecular weight excluding hydrogens is 220 g/mol. The molecule has 2 rings (SSSR count). The zero-order valence-electron chi connectivity index (χ0n) is 10.9. The Kier molecular flexibility index (Phi) is 4.13. The SMILES string of the molecule is Cc1ccc(N=CCNc2ccc(C)cc2)cc1. The van der Waals surface area contributed by atoms with Crippen LogP contribution in [0.1, 0.15) is 11.1 Å². The second-order valence-corrected chi connectivity index (χ2v) is 4.39. The van der Waals surface area contributed by atoms with Crippen molar-refractivity contribution in [3.63, 3.8) is 0 Å². The fourth-order valence-corrected chi connectivity index (χ4v) is 1.62. The highest BCUT2D eigenvalue weighted by Gasteiger charge is 1.89. The minimum Gasteiger partial charge on any atom is -0.380 e. The summed E-state index contributed by atoms with van der Waals surface area (Å²) in [6, 6.07) is 16.5. The van der Waals surface area contributed by atoms with Gasteiger partial charge in [-0.15, -0.1) is 0 Å². The number of nitrogens with one attached hydrogen (secondary N) is 1. The quantitative estimate of drug-likeness (QED) is 0.796. The van der Waals surface area contributed by atoms with Crippen LogP contribution in [-0.2, 0) is 0 Å². The first-order valence-electron chi connectivity index (χ1n) is 6.14.